The molecule has 5 nitrogen and oxygen atoms in total. The van der Waals surface area contributed by atoms with Gasteiger partial charge in [0.1, 0.15) is 5.78 Å². The van der Waals surface area contributed by atoms with E-state index in [2.05, 4.69) is 19.9 Å². The van der Waals surface area contributed by atoms with Crippen LogP contribution in [0.25, 0.3) is 0 Å². The van der Waals surface area contributed by atoms with Crippen molar-refractivity contribution in [3.63, 3.8) is 0 Å². The van der Waals surface area contributed by atoms with E-state index in [1.807, 2.05) is 20.8 Å². The maximum absolute atomic E-state index is 13.3. The molecule has 0 spiro atoms. The first-order valence-electron chi connectivity index (χ1n) is 12.7. The van der Waals surface area contributed by atoms with Crippen LogP contribution in [0.5, 0.6) is 0 Å². The lowest BCUT2D eigenvalue weighted by Gasteiger charge is -2.60. The Morgan fingerprint density at radius 3 is 2.44 bits per heavy atom. The standard InChI is InChI=1S/C27H44O5/c1-24(2,31)10-6-11-27(5,32)23-8-7-17-16-13-20(28)19-14-21(29)22(30)15-26(19,4)18(16)9-12-25(17,23)3/h7,16,18-19,21-23,29-32H,6,8-15H2,1-5H3/t16?,18?,19-,21?,22?,23?,25?,26?,27+/m1/s1. The summed E-state index contributed by atoms with van der Waals surface area (Å²) in [4.78, 5) is 13.3. The van der Waals surface area contributed by atoms with Crippen molar-refractivity contribution in [2.24, 2.45) is 34.5 Å². The summed E-state index contributed by atoms with van der Waals surface area (Å²) in [6, 6.07) is 0. The molecule has 4 aliphatic rings. The Morgan fingerprint density at radius 1 is 1.09 bits per heavy atom. The molecule has 0 aliphatic heterocycles. The zero-order valence-corrected chi connectivity index (χ0v) is 20.6. The summed E-state index contributed by atoms with van der Waals surface area (Å²) in [7, 11) is 0. The molecule has 9 atom stereocenters. The number of fused-ring (bicyclic) bond motifs is 5. The fourth-order valence-electron chi connectivity index (χ4n) is 8.41. The van der Waals surface area contributed by atoms with Gasteiger partial charge in [-0.2, -0.15) is 0 Å². The first-order valence-corrected chi connectivity index (χ1v) is 12.7. The Labute approximate surface area is 193 Å². The molecule has 4 N–H and O–H groups in total. The van der Waals surface area contributed by atoms with E-state index in [1.165, 1.54) is 5.57 Å². The van der Waals surface area contributed by atoms with E-state index in [0.717, 1.165) is 25.7 Å². The largest absolute Gasteiger partial charge is 0.390 e. The number of aliphatic hydroxyl groups is 4. The Kier molecular flexibility index (Phi) is 6.02. The van der Waals surface area contributed by atoms with Crippen LogP contribution in [0.2, 0.25) is 0 Å². The van der Waals surface area contributed by atoms with E-state index in [9.17, 15) is 25.2 Å². The molecule has 4 aliphatic carbocycles. The minimum atomic E-state index is -0.818. The van der Waals surface area contributed by atoms with Crippen LogP contribution in [0, 0.1) is 34.5 Å². The number of aliphatic hydroxyl groups excluding tert-OH is 2. The molecule has 7 unspecified atom stereocenters. The average Bonchev–Trinajstić information content (AvgIpc) is 3.01. The van der Waals surface area contributed by atoms with E-state index in [-0.39, 0.29) is 34.4 Å². The summed E-state index contributed by atoms with van der Waals surface area (Å²) < 4.78 is 0. The molecule has 5 heteroatoms. The van der Waals surface area contributed by atoms with Crippen LogP contribution in [0.4, 0.5) is 0 Å². The second-order valence-electron chi connectivity index (χ2n) is 12.9. The molecule has 3 saturated carbocycles. The van der Waals surface area contributed by atoms with Gasteiger partial charge in [0.25, 0.3) is 0 Å². The van der Waals surface area contributed by atoms with Crippen LogP contribution in [-0.2, 0) is 4.79 Å². The summed E-state index contributed by atoms with van der Waals surface area (Å²) in [5.41, 5.74) is -0.565. The first kappa shape index (κ1) is 24.4. The van der Waals surface area contributed by atoms with Crippen molar-refractivity contribution in [2.45, 2.75) is 116 Å². The fourth-order valence-corrected chi connectivity index (χ4v) is 8.41. The minimum Gasteiger partial charge on any atom is -0.390 e. The third-order valence-electron chi connectivity index (χ3n) is 10.1. The predicted octanol–water partition coefficient (Wildman–Crippen LogP) is 3.77. The van der Waals surface area contributed by atoms with Crippen molar-refractivity contribution in [3.8, 4) is 0 Å². The van der Waals surface area contributed by atoms with Gasteiger partial charge in [-0.3, -0.25) is 4.79 Å². The van der Waals surface area contributed by atoms with Crippen LogP contribution in [0.1, 0.15) is 92.4 Å². The number of ketones is 1. The van der Waals surface area contributed by atoms with Gasteiger partial charge in [0, 0.05) is 12.3 Å². The highest BCUT2D eigenvalue weighted by molar-refractivity contribution is 5.84. The van der Waals surface area contributed by atoms with Crippen molar-refractivity contribution in [2.75, 3.05) is 0 Å². The third-order valence-corrected chi connectivity index (χ3v) is 10.1. The third kappa shape index (κ3) is 3.91. The van der Waals surface area contributed by atoms with Gasteiger partial charge >= 0.3 is 0 Å². The summed E-state index contributed by atoms with van der Waals surface area (Å²) in [6.07, 6.45) is 7.11. The highest BCUT2D eigenvalue weighted by Crippen LogP contribution is 2.66. The number of carbonyl (C=O) groups excluding carboxylic acids is 1. The fraction of sp³-hybridized carbons (Fsp3) is 0.889. The van der Waals surface area contributed by atoms with Crippen molar-refractivity contribution in [3.05, 3.63) is 11.6 Å². The van der Waals surface area contributed by atoms with Gasteiger partial charge in [0.15, 0.2) is 0 Å². The molecule has 0 bridgehead atoms. The predicted molar refractivity (Wildman–Crippen MR) is 124 cm³/mol. The van der Waals surface area contributed by atoms with Gasteiger partial charge in [0.05, 0.1) is 23.4 Å². The van der Waals surface area contributed by atoms with Crippen LogP contribution in [0.15, 0.2) is 11.6 Å². The average molecular weight is 449 g/mol. The lowest BCUT2D eigenvalue weighted by atomic mass is 9.45. The lowest BCUT2D eigenvalue weighted by molar-refractivity contribution is -0.162. The summed E-state index contributed by atoms with van der Waals surface area (Å²) in [5.74, 6) is 0.722. The van der Waals surface area contributed by atoms with E-state index >= 15 is 0 Å². The minimum absolute atomic E-state index is 0.115. The molecule has 0 aromatic carbocycles. The van der Waals surface area contributed by atoms with Crippen LogP contribution >= 0.6 is 0 Å². The first-order chi connectivity index (χ1) is 14.7. The highest BCUT2D eigenvalue weighted by atomic mass is 16.3. The number of hydrogen-bond acceptors (Lipinski definition) is 5. The smallest absolute Gasteiger partial charge is 0.137 e. The van der Waals surface area contributed by atoms with Crippen molar-refractivity contribution in [1.29, 1.82) is 0 Å². The zero-order valence-electron chi connectivity index (χ0n) is 20.6. The van der Waals surface area contributed by atoms with E-state index in [0.29, 0.717) is 38.0 Å². The van der Waals surface area contributed by atoms with Gasteiger partial charge in [-0.15, -0.1) is 0 Å². The van der Waals surface area contributed by atoms with E-state index in [4.69, 9.17) is 0 Å². The zero-order chi connectivity index (χ0) is 23.7. The number of carbonyl (C=O) groups is 1. The molecule has 32 heavy (non-hydrogen) atoms. The van der Waals surface area contributed by atoms with Gasteiger partial charge in [-0.05, 0) is 101 Å². The van der Waals surface area contributed by atoms with Crippen LogP contribution in [0.3, 0.4) is 0 Å². The molecule has 4 rings (SSSR count). The molecule has 0 aromatic rings. The Hall–Kier alpha value is -0.750. The molecule has 3 fully saturated rings. The van der Waals surface area contributed by atoms with Crippen molar-refractivity contribution in [1.82, 2.24) is 0 Å². The maximum Gasteiger partial charge on any atom is 0.137 e. The Morgan fingerprint density at radius 2 is 1.78 bits per heavy atom. The van der Waals surface area contributed by atoms with Crippen molar-refractivity contribution >= 4 is 5.78 Å². The van der Waals surface area contributed by atoms with Gasteiger partial charge in [-0.1, -0.05) is 25.5 Å². The number of hydrogen-bond donors (Lipinski definition) is 4. The lowest BCUT2D eigenvalue weighted by Crippen LogP contribution is -2.58. The molecule has 182 valence electrons. The molecular weight excluding hydrogens is 404 g/mol. The summed E-state index contributed by atoms with van der Waals surface area (Å²) in [6.45, 7) is 10.0. The molecule has 0 saturated heterocycles. The summed E-state index contributed by atoms with van der Waals surface area (Å²) in [5, 5.41) is 42.3. The molecule has 0 heterocycles. The molecule has 0 radical (unpaired) electrons. The van der Waals surface area contributed by atoms with Gasteiger partial charge < -0.3 is 20.4 Å². The highest BCUT2D eigenvalue weighted by Gasteiger charge is 2.62. The molecular formula is C27H44O5. The van der Waals surface area contributed by atoms with Crippen LogP contribution in [-0.4, -0.2) is 49.6 Å². The SMILES string of the molecule is CC(C)(O)CCC[C@](C)(O)C1CC=C2C3CC(=O)[C@H]4CC(O)C(O)CC4(C)C3CCC21C. The quantitative estimate of drug-likeness (QED) is 0.480. The number of rotatable bonds is 5. The second kappa shape index (κ2) is 7.90. The van der Waals surface area contributed by atoms with Gasteiger partial charge in [-0.25, -0.2) is 0 Å². The monoisotopic (exact) mass is 448 g/mol. The van der Waals surface area contributed by atoms with Gasteiger partial charge in [0.2, 0.25) is 0 Å². The normalized spacial score (nSPS) is 46.0. The molecule has 0 aromatic heterocycles. The van der Waals surface area contributed by atoms with E-state index in [1.54, 1.807) is 0 Å². The topological polar surface area (TPSA) is 98.0 Å². The maximum atomic E-state index is 13.3. The molecule has 0 amide bonds. The Bertz CT molecular complexity index is 779. The number of allylic oxidation sites excluding steroid dienone is 2. The van der Waals surface area contributed by atoms with E-state index < -0.39 is 23.4 Å². The van der Waals surface area contributed by atoms with Crippen LogP contribution < -0.4 is 0 Å². The Balaban J connectivity index is 1.55. The summed E-state index contributed by atoms with van der Waals surface area (Å²) >= 11 is 0. The van der Waals surface area contributed by atoms with Crippen molar-refractivity contribution < 1.29 is 25.2 Å². The second-order valence-corrected chi connectivity index (χ2v) is 12.9. The number of Topliss-reactive ketones (excluding diaryl/α,β-unsaturated/α-hetero) is 1.